The van der Waals surface area contributed by atoms with E-state index >= 15 is 0 Å². The number of halogens is 3. The van der Waals surface area contributed by atoms with Crippen molar-refractivity contribution in [1.29, 1.82) is 0 Å². The quantitative estimate of drug-likeness (QED) is 0.213. The minimum absolute atomic E-state index is 0.174. The maximum atomic E-state index is 13.6. The van der Waals surface area contributed by atoms with E-state index in [1.807, 2.05) is 31.2 Å². The van der Waals surface area contributed by atoms with E-state index in [9.17, 15) is 18.0 Å². The van der Waals surface area contributed by atoms with E-state index in [1.54, 1.807) is 42.6 Å². The molecule has 0 saturated heterocycles. The maximum absolute atomic E-state index is 13.6. The molecule has 1 aliphatic rings. The van der Waals surface area contributed by atoms with Gasteiger partial charge in [-0.15, -0.1) is 0 Å². The summed E-state index contributed by atoms with van der Waals surface area (Å²) >= 11 is 0. The predicted molar refractivity (Wildman–Crippen MR) is 147 cm³/mol. The molecule has 0 aliphatic heterocycles. The summed E-state index contributed by atoms with van der Waals surface area (Å²) in [7, 11) is 0. The number of carbonyl (C=O) groups excluding carboxylic acids is 1. The van der Waals surface area contributed by atoms with Crippen LogP contribution in [0.3, 0.4) is 0 Å². The Labute approximate surface area is 225 Å². The standard InChI is InChI=1S/C29H31F3N6O/c1-3-21(12-13-34-2)27(35-18-19-10-11-19)22-7-5-8-23(15-22)36-28(39)25-16-26(29(30,31)32)37-38(25)24-9-4-6-20(14-24)17-33/h3-9,12-16,19,27,35H,2,10-11,17-18,33H2,1H3,(H,36,39)/b13-12-,21-3+. The molecule has 7 nitrogen and oxygen atoms in total. The van der Waals surface area contributed by atoms with Crippen LogP contribution in [0.15, 0.2) is 83.5 Å². The number of nitrogens with one attached hydrogen (secondary N) is 2. The number of alkyl halides is 3. The lowest BCUT2D eigenvalue weighted by Crippen LogP contribution is -2.25. The SMILES string of the molecule is C=N/C=C\C(=C/C)C(NCC1CC1)c1cccc(NC(=O)c2cc(C(F)(F)F)nn2-c2cccc(CN)c2)c1. The first kappa shape index (κ1) is 28.0. The fraction of sp³-hybridized carbons (Fsp3) is 0.276. The van der Waals surface area contributed by atoms with Crippen molar-refractivity contribution >= 4 is 18.3 Å². The smallest absolute Gasteiger partial charge is 0.326 e. The topological polar surface area (TPSA) is 97.3 Å². The Morgan fingerprint density at radius 1 is 1.23 bits per heavy atom. The maximum Gasteiger partial charge on any atom is 0.435 e. The predicted octanol–water partition coefficient (Wildman–Crippen LogP) is 5.80. The molecule has 1 unspecified atom stereocenters. The van der Waals surface area contributed by atoms with Gasteiger partial charge in [0.05, 0.1) is 11.7 Å². The highest BCUT2D eigenvalue weighted by Gasteiger charge is 2.36. The van der Waals surface area contributed by atoms with Gasteiger partial charge in [0.15, 0.2) is 5.69 Å². The van der Waals surface area contributed by atoms with Crippen LogP contribution in [-0.2, 0) is 12.7 Å². The highest BCUT2D eigenvalue weighted by Crippen LogP contribution is 2.32. The zero-order valence-electron chi connectivity index (χ0n) is 21.6. The van der Waals surface area contributed by atoms with Crippen molar-refractivity contribution in [3.63, 3.8) is 0 Å². The summed E-state index contributed by atoms with van der Waals surface area (Å²) in [5, 5.41) is 10.0. The van der Waals surface area contributed by atoms with Gasteiger partial charge in [0.2, 0.25) is 0 Å². The number of anilines is 1. The summed E-state index contributed by atoms with van der Waals surface area (Å²) < 4.78 is 41.6. The molecule has 2 aromatic carbocycles. The average molecular weight is 537 g/mol. The minimum Gasteiger partial charge on any atom is -0.326 e. The van der Waals surface area contributed by atoms with E-state index in [4.69, 9.17) is 5.73 Å². The Morgan fingerprint density at radius 3 is 2.67 bits per heavy atom. The number of rotatable bonds is 11. The lowest BCUT2D eigenvalue weighted by atomic mass is 9.97. The molecule has 1 fully saturated rings. The molecule has 10 heteroatoms. The van der Waals surface area contributed by atoms with E-state index < -0.39 is 17.8 Å². The van der Waals surface area contributed by atoms with Gasteiger partial charge < -0.3 is 16.4 Å². The Morgan fingerprint density at radius 2 is 2.00 bits per heavy atom. The monoisotopic (exact) mass is 536 g/mol. The molecule has 1 heterocycles. The van der Waals surface area contributed by atoms with Crippen molar-refractivity contribution in [2.45, 2.75) is 38.5 Å². The number of aliphatic imine (C=N–C) groups is 1. The number of hydrogen-bond acceptors (Lipinski definition) is 5. The lowest BCUT2D eigenvalue weighted by molar-refractivity contribution is -0.141. The van der Waals surface area contributed by atoms with Crippen molar-refractivity contribution in [2.24, 2.45) is 16.6 Å². The van der Waals surface area contributed by atoms with Gasteiger partial charge in [-0.05, 0) is 86.0 Å². The van der Waals surface area contributed by atoms with Crippen LogP contribution < -0.4 is 16.4 Å². The van der Waals surface area contributed by atoms with Crippen LogP contribution >= 0.6 is 0 Å². The third-order valence-corrected chi connectivity index (χ3v) is 6.45. The molecule has 1 amide bonds. The molecule has 1 aliphatic carbocycles. The summed E-state index contributed by atoms with van der Waals surface area (Å²) in [5.41, 5.74) is 7.58. The summed E-state index contributed by atoms with van der Waals surface area (Å²) in [4.78, 5) is 17.1. The number of nitrogens with two attached hydrogens (primary N) is 1. The summed E-state index contributed by atoms with van der Waals surface area (Å²) in [6.45, 7) is 6.46. The Hall–Kier alpha value is -4.02. The van der Waals surface area contributed by atoms with Crippen LogP contribution in [0.4, 0.5) is 18.9 Å². The molecule has 0 bridgehead atoms. The minimum atomic E-state index is -4.72. The van der Waals surface area contributed by atoms with Crippen molar-refractivity contribution < 1.29 is 18.0 Å². The van der Waals surface area contributed by atoms with Gasteiger partial charge in [-0.3, -0.25) is 9.79 Å². The number of aromatic nitrogens is 2. The number of allylic oxidation sites excluding steroid dienone is 1. The van der Waals surface area contributed by atoms with Gasteiger partial charge in [0, 0.05) is 24.5 Å². The van der Waals surface area contributed by atoms with Gasteiger partial charge in [0.1, 0.15) is 5.69 Å². The zero-order valence-corrected chi connectivity index (χ0v) is 21.6. The first-order valence-electron chi connectivity index (χ1n) is 12.6. The third-order valence-electron chi connectivity index (χ3n) is 6.45. The van der Waals surface area contributed by atoms with Crippen molar-refractivity contribution in [3.8, 4) is 5.69 Å². The largest absolute Gasteiger partial charge is 0.435 e. The van der Waals surface area contributed by atoms with Crippen molar-refractivity contribution in [3.05, 3.63) is 101 Å². The van der Waals surface area contributed by atoms with Gasteiger partial charge in [-0.2, -0.15) is 18.3 Å². The Kier molecular flexibility index (Phi) is 8.78. The first-order valence-corrected chi connectivity index (χ1v) is 12.6. The molecule has 0 radical (unpaired) electrons. The Balaban J connectivity index is 1.65. The third kappa shape index (κ3) is 7.10. The number of benzene rings is 2. The van der Waals surface area contributed by atoms with E-state index in [-0.39, 0.29) is 18.3 Å². The van der Waals surface area contributed by atoms with Gasteiger partial charge >= 0.3 is 6.18 Å². The highest BCUT2D eigenvalue weighted by molar-refractivity contribution is 6.03. The molecule has 4 N–H and O–H groups in total. The normalized spacial score (nSPS) is 14.9. The van der Waals surface area contributed by atoms with Crippen LogP contribution in [0.25, 0.3) is 5.69 Å². The number of carbonyl (C=O) groups is 1. The average Bonchev–Trinajstić information content (AvgIpc) is 3.63. The second-order valence-corrected chi connectivity index (χ2v) is 9.35. The van der Waals surface area contributed by atoms with Gasteiger partial charge in [0.25, 0.3) is 5.91 Å². The van der Waals surface area contributed by atoms with Crippen LogP contribution in [0.5, 0.6) is 0 Å². The molecule has 1 saturated carbocycles. The Bertz CT molecular complexity index is 1390. The first-order chi connectivity index (χ1) is 18.7. The fourth-order valence-corrected chi connectivity index (χ4v) is 4.22. The second-order valence-electron chi connectivity index (χ2n) is 9.35. The van der Waals surface area contributed by atoms with Crippen LogP contribution in [0.1, 0.15) is 53.1 Å². The molecule has 39 heavy (non-hydrogen) atoms. The molecule has 1 atom stereocenters. The van der Waals surface area contributed by atoms with Crippen molar-refractivity contribution in [1.82, 2.24) is 15.1 Å². The van der Waals surface area contributed by atoms with Crippen LogP contribution in [0.2, 0.25) is 0 Å². The molecule has 4 rings (SSSR count). The second kappa shape index (κ2) is 12.2. The fourth-order valence-electron chi connectivity index (χ4n) is 4.22. The van der Waals surface area contributed by atoms with Crippen molar-refractivity contribution in [2.75, 3.05) is 11.9 Å². The molecule has 1 aromatic heterocycles. The number of hydrogen-bond donors (Lipinski definition) is 3. The number of nitrogens with zero attached hydrogens (tertiary/aromatic N) is 3. The van der Waals surface area contributed by atoms with E-state index in [0.717, 1.165) is 28.4 Å². The van der Waals surface area contributed by atoms with Gasteiger partial charge in [-0.25, -0.2) is 4.68 Å². The molecular formula is C29H31F3N6O. The molecule has 204 valence electrons. The molecule has 0 spiro atoms. The molecular weight excluding hydrogens is 505 g/mol. The van der Waals surface area contributed by atoms with Crippen LogP contribution in [0, 0.1) is 5.92 Å². The summed E-state index contributed by atoms with van der Waals surface area (Å²) in [6.07, 6.45) is 3.12. The van der Waals surface area contributed by atoms with E-state index in [1.165, 1.54) is 12.8 Å². The lowest BCUT2D eigenvalue weighted by Gasteiger charge is -2.21. The summed E-state index contributed by atoms with van der Waals surface area (Å²) in [6, 6.07) is 14.4. The van der Waals surface area contributed by atoms with E-state index in [0.29, 0.717) is 22.9 Å². The molecule has 3 aromatic rings. The van der Waals surface area contributed by atoms with Crippen LogP contribution in [-0.4, -0.2) is 28.9 Å². The van der Waals surface area contributed by atoms with Gasteiger partial charge in [-0.1, -0.05) is 30.3 Å². The highest BCUT2D eigenvalue weighted by atomic mass is 19.4. The summed E-state index contributed by atoms with van der Waals surface area (Å²) in [5.74, 6) is -0.0892. The number of amides is 1. The van der Waals surface area contributed by atoms with E-state index in [2.05, 4.69) is 27.4 Å². The zero-order chi connectivity index (χ0) is 28.0.